The number of anilines is 1. The predicted octanol–water partition coefficient (Wildman–Crippen LogP) is 4.12. The zero-order chi connectivity index (χ0) is 13.7. The van der Waals surface area contributed by atoms with Gasteiger partial charge in [0, 0.05) is 18.3 Å². The largest absolute Gasteiger partial charge is 0.384 e. The highest BCUT2D eigenvalue weighted by atomic mass is 19.1. The van der Waals surface area contributed by atoms with Gasteiger partial charge in [0.25, 0.3) is 5.69 Å². The molecule has 0 saturated heterocycles. The van der Waals surface area contributed by atoms with Crippen LogP contribution in [0.1, 0.15) is 38.5 Å². The molecule has 0 amide bonds. The summed E-state index contributed by atoms with van der Waals surface area (Å²) in [5.74, 6) is 0.0161. The van der Waals surface area contributed by atoms with Gasteiger partial charge in [0.15, 0.2) is 0 Å². The molecule has 104 valence electrons. The SMILES string of the molecule is O=[N+]([O-])c1cc(F)cc(NCC2CCCCCC2)c1. The minimum absolute atomic E-state index is 0.205. The standard InChI is InChI=1S/C14H19FN2O2/c15-12-7-13(9-14(8-12)17(18)19)16-10-11-5-3-1-2-4-6-11/h7-9,11,16H,1-6,10H2. The lowest BCUT2D eigenvalue weighted by molar-refractivity contribution is -0.385. The number of halogens is 1. The minimum Gasteiger partial charge on any atom is -0.384 e. The number of benzene rings is 1. The molecule has 4 nitrogen and oxygen atoms in total. The third kappa shape index (κ3) is 4.19. The highest BCUT2D eigenvalue weighted by Gasteiger charge is 2.13. The summed E-state index contributed by atoms with van der Waals surface area (Å²) >= 11 is 0. The number of nitrogens with zero attached hydrogens (tertiary/aromatic N) is 1. The van der Waals surface area contributed by atoms with E-state index < -0.39 is 10.7 Å². The number of hydrogen-bond donors (Lipinski definition) is 1. The second-order valence-corrected chi connectivity index (χ2v) is 5.19. The second kappa shape index (κ2) is 6.50. The Labute approximate surface area is 112 Å². The van der Waals surface area contributed by atoms with Crippen LogP contribution in [0, 0.1) is 21.8 Å². The smallest absolute Gasteiger partial charge is 0.274 e. The van der Waals surface area contributed by atoms with Crippen LogP contribution in [0.2, 0.25) is 0 Å². The first kappa shape index (κ1) is 13.8. The van der Waals surface area contributed by atoms with E-state index in [1.807, 2.05) is 0 Å². The second-order valence-electron chi connectivity index (χ2n) is 5.19. The molecule has 1 aliphatic carbocycles. The molecule has 1 aromatic rings. The van der Waals surface area contributed by atoms with Gasteiger partial charge in [0.05, 0.1) is 11.0 Å². The average molecular weight is 266 g/mol. The van der Waals surface area contributed by atoms with Crippen molar-refractivity contribution < 1.29 is 9.31 Å². The molecular weight excluding hydrogens is 247 g/mol. The normalized spacial score (nSPS) is 16.9. The fraction of sp³-hybridized carbons (Fsp3) is 0.571. The number of rotatable bonds is 4. The molecule has 0 aromatic heterocycles. The fourth-order valence-electron chi connectivity index (χ4n) is 2.61. The van der Waals surface area contributed by atoms with Gasteiger partial charge in [-0.2, -0.15) is 0 Å². The maximum Gasteiger partial charge on any atom is 0.274 e. The summed E-state index contributed by atoms with van der Waals surface area (Å²) in [5, 5.41) is 13.8. The molecule has 5 heteroatoms. The van der Waals surface area contributed by atoms with Gasteiger partial charge in [-0.1, -0.05) is 25.7 Å². The first-order valence-electron chi connectivity index (χ1n) is 6.84. The number of nitro groups is 1. The summed E-state index contributed by atoms with van der Waals surface area (Å²) < 4.78 is 13.3. The average Bonchev–Trinajstić information content (AvgIpc) is 2.64. The van der Waals surface area contributed by atoms with Crippen LogP contribution in [0.25, 0.3) is 0 Å². The van der Waals surface area contributed by atoms with Gasteiger partial charge in [-0.25, -0.2) is 4.39 Å². The number of nitrogens with one attached hydrogen (secondary N) is 1. The molecule has 1 aliphatic rings. The van der Waals surface area contributed by atoms with E-state index >= 15 is 0 Å². The van der Waals surface area contributed by atoms with E-state index in [9.17, 15) is 14.5 Å². The van der Waals surface area contributed by atoms with Crippen molar-refractivity contribution in [1.82, 2.24) is 0 Å². The molecule has 0 radical (unpaired) electrons. The predicted molar refractivity (Wildman–Crippen MR) is 72.7 cm³/mol. The Morgan fingerprint density at radius 2 is 1.89 bits per heavy atom. The summed E-state index contributed by atoms with van der Waals surface area (Å²) in [7, 11) is 0. The molecule has 0 bridgehead atoms. The summed E-state index contributed by atoms with van der Waals surface area (Å²) in [5.41, 5.74) is 0.291. The van der Waals surface area contributed by atoms with E-state index in [1.165, 1.54) is 50.7 Å². The molecule has 19 heavy (non-hydrogen) atoms. The molecule has 2 rings (SSSR count). The lowest BCUT2D eigenvalue weighted by Gasteiger charge is -2.15. The third-order valence-electron chi connectivity index (χ3n) is 3.66. The summed E-state index contributed by atoms with van der Waals surface area (Å²) in [6, 6.07) is 3.64. The molecule has 1 fully saturated rings. The lowest BCUT2D eigenvalue weighted by Crippen LogP contribution is -2.13. The summed E-state index contributed by atoms with van der Waals surface area (Å²) in [6.45, 7) is 0.764. The molecule has 0 atom stereocenters. The van der Waals surface area contributed by atoms with Crippen molar-refractivity contribution in [2.75, 3.05) is 11.9 Å². The van der Waals surface area contributed by atoms with E-state index in [2.05, 4.69) is 5.32 Å². The molecular formula is C14H19FN2O2. The lowest BCUT2D eigenvalue weighted by atomic mass is 10.0. The van der Waals surface area contributed by atoms with Gasteiger partial charge in [0.2, 0.25) is 0 Å². The molecule has 1 aromatic carbocycles. The Morgan fingerprint density at radius 3 is 2.53 bits per heavy atom. The first-order valence-corrected chi connectivity index (χ1v) is 6.84. The van der Waals surface area contributed by atoms with Crippen LogP contribution >= 0.6 is 0 Å². The molecule has 0 unspecified atom stereocenters. The summed E-state index contributed by atoms with van der Waals surface area (Å²) in [4.78, 5) is 10.1. The molecule has 0 spiro atoms. The molecule has 0 aliphatic heterocycles. The van der Waals surface area contributed by atoms with Gasteiger partial charge in [-0.05, 0) is 24.8 Å². The van der Waals surface area contributed by atoms with E-state index in [0.717, 1.165) is 12.6 Å². The molecule has 1 N–H and O–H groups in total. The Hall–Kier alpha value is -1.65. The molecule has 0 heterocycles. The monoisotopic (exact) mass is 266 g/mol. The van der Waals surface area contributed by atoms with Crippen molar-refractivity contribution in [3.05, 3.63) is 34.1 Å². The van der Waals surface area contributed by atoms with Crippen LogP contribution in [-0.4, -0.2) is 11.5 Å². The van der Waals surface area contributed by atoms with Crippen LogP contribution in [0.4, 0.5) is 15.8 Å². The van der Waals surface area contributed by atoms with Crippen LogP contribution in [0.3, 0.4) is 0 Å². The zero-order valence-corrected chi connectivity index (χ0v) is 10.9. The van der Waals surface area contributed by atoms with Gasteiger partial charge in [-0.15, -0.1) is 0 Å². The van der Waals surface area contributed by atoms with Crippen molar-refractivity contribution in [1.29, 1.82) is 0 Å². The Bertz CT molecular complexity index is 443. The van der Waals surface area contributed by atoms with Gasteiger partial charge in [-0.3, -0.25) is 10.1 Å². The van der Waals surface area contributed by atoms with E-state index in [0.29, 0.717) is 11.6 Å². The Kier molecular flexibility index (Phi) is 4.71. The quantitative estimate of drug-likeness (QED) is 0.506. The van der Waals surface area contributed by atoms with Gasteiger partial charge < -0.3 is 5.32 Å². The Morgan fingerprint density at radius 1 is 1.21 bits per heavy atom. The van der Waals surface area contributed by atoms with Crippen LogP contribution in [0.5, 0.6) is 0 Å². The third-order valence-corrected chi connectivity index (χ3v) is 3.66. The topological polar surface area (TPSA) is 55.2 Å². The van der Waals surface area contributed by atoms with Crippen molar-refractivity contribution in [3.8, 4) is 0 Å². The van der Waals surface area contributed by atoms with Crippen LogP contribution in [0.15, 0.2) is 18.2 Å². The minimum atomic E-state index is -0.572. The van der Waals surface area contributed by atoms with Gasteiger partial charge in [0.1, 0.15) is 5.82 Å². The zero-order valence-electron chi connectivity index (χ0n) is 10.9. The highest BCUT2D eigenvalue weighted by Crippen LogP contribution is 2.25. The van der Waals surface area contributed by atoms with E-state index in [-0.39, 0.29) is 5.69 Å². The Balaban J connectivity index is 1.96. The van der Waals surface area contributed by atoms with Gasteiger partial charge >= 0.3 is 0 Å². The van der Waals surface area contributed by atoms with Crippen molar-refractivity contribution >= 4 is 11.4 Å². The maximum atomic E-state index is 13.3. The number of nitro benzene ring substituents is 1. The molecule has 1 saturated carbocycles. The van der Waals surface area contributed by atoms with E-state index in [1.54, 1.807) is 0 Å². The van der Waals surface area contributed by atoms with Crippen molar-refractivity contribution in [2.24, 2.45) is 5.92 Å². The number of hydrogen-bond acceptors (Lipinski definition) is 3. The van der Waals surface area contributed by atoms with Crippen LogP contribution < -0.4 is 5.32 Å². The van der Waals surface area contributed by atoms with Crippen LogP contribution in [-0.2, 0) is 0 Å². The van der Waals surface area contributed by atoms with E-state index in [4.69, 9.17) is 0 Å². The highest BCUT2D eigenvalue weighted by molar-refractivity contribution is 5.51. The summed E-state index contributed by atoms with van der Waals surface area (Å²) in [6.07, 6.45) is 7.45. The maximum absolute atomic E-state index is 13.3. The number of non-ortho nitro benzene ring substituents is 1. The first-order chi connectivity index (χ1) is 9.15. The van der Waals surface area contributed by atoms with Crippen molar-refractivity contribution in [2.45, 2.75) is 38.5 Å². The van der Waals surface area contributed by atoms with Crippen molar-refractivity contribution in [3.63, 3.8) is 0 Å². The fourth-order valence-corrected chi connectivity index (χ4v) is 2.61.